The summed E-state index contributed by atoms with van der Waals surface area (Å²) < 4.78 is 13.1. The maximum Gasteiger partial charge on any atom is 0.123 e. The van der Waals surface area contributed by atoms with Crippen molar-refractivity contribution >= 4 is 11.6 Å². The van der Waals surface area contributed by atoms with E-state index in [-0.39, 0.29) is 11.4 Å². The predicted molar refractivity (Wildman–Crippen MR) is 67.4 cm³/mol. The Morgan fingerprint density at radius 1 is 1.38 bits per heavy atom. The lowest BCUT2D eigenvalue weighted by Crippen LogP contribution is -2.42. The van der Waals surface area contributed by atoms with E-state index in [0.29, 0.717) is 12.4 Å². The summed E-state index contributed by atoms with van der Waals surface area (Å²) in [6.07, 6.45) is 0. The van der Waals surface area contributed by atoms with Gasteiger partial charge in [-0.2, -0.15) is 0 Å². The van der Waals surface area contributed by atoms with Crippen LogP contribution in [0.25, 0.3) is 0 Å². The number of alkyl halides is 1. The van der Waals surface area contributed by atoms with Crippen LogP contribution in [0.15, 0.2) is 18.2 Å². The highest BCUT2D eigenvalue weighted by Gasteiger charge is 2.22. The molecule has 0 amide bonds. The zero-order valence-electron chi connectivity index (χ0n) is 10.3. The summed E-state index contributed by atoms with van der Waals surface area (Å²) >= 11 is 5.91. The van der Waals surface area contributed by atoms with Crippen LogP contribution in [0, 0.1) is 12.7 Å². The SMILES string of the molecule is Cc1ccc(F)cc1CN(C)C(C)(C)CCl. The molecule has 0 saturated carbocycles. The van der Waals surface area contributed by atoms with Gasteiger partial charge in [0.25, 0.3) is 0 Å². The van der Waals surface area contributed by atoms with Crippen molar-refractivity contribution in [3.8, 4) is 0 Å². The Bertz CT molecular complexity index is 363. The van der Waals surface area contributed by atoms with Gasteiger partial charge in [-0.05, 0) is 51.1 Å². The summed E-state index contributed by atoms with van der Waals surface area (Å²) in [5.41, 5.74) is 2.04. The van der Waals surface area contributed by atoms with Gasteiger partial charge in [-0.1, -0.05) is 6.07 Å². The first kappa shape index (κ1) is 13.5. The van der Waals surface area contributed by atoms with Crippen LogP contribution in [-0.2, 0) is 6.54 Å². The zero-order valence-corrected chi connectivity index (χ0v) is 11.1. The van der Waals surface area contributed by atoms with Crippen molar-refractivity contribution in [1.82, 2.24) is 4.90 Å². The van der Waals surface area contributed by atoms with Crippen molar-refractivity contribution < 1.29 is 4.39 Å². The molecule has 0 N–H and O–H groups in total. The lowest BCUT2D eigenvalue weighted by molar-refractivity contribution is 0.170. The first-order valence-electron chi connectivity index (χ1n) is 5.39. The first-order valence-corrected chi connectivity index (χ1v) is 5.92. The molecule has 0 atom stereocenters. The Balaban J connectivity index is 2.84. The minimum absolute atomic E-state index is 0.0830. The van der Waals surface area contributed by atoms with Crippen LogP contribution in [0.3, 0.4) is 0 Å². The Morgan fingerprint density at radius 2 is 2.00 bits per heavy atom. The van der Waals surface area contributed by atoms with Crippen LogP contribution >= 0.6 is 11.6 Å². The van der Waals surface area contributed by atoms with E-state index in [1.54, 1.807) is 6.07 Å². The number of hydrogen-bond donors (Lipinski definition) is 0. The maximum absolute atomic E-state index is 13.1. The number of hydrogen-bond acceptors (Lipinski definition) is 1. The molecule has 1 aromatic carbocycles. The van der Waals surface area contributed by atoms with Crippen LogP contribution in [0.4, 0.5) is 4.39 Å². The van der Waals surface area contributed by atoms with Crippen molar-refractivity contribution in [2.75, 3.05) is 12.9 Å². The molecular formula is C13H19ClFN. The van der Waals surface area contributed by atoms with Crippen molar-refractivity contribution in [3.05, 3.63) is 35.1 Å². The van der Waals surface area contributed by atoms with Crippen molar-refractivity contribution in [3.63, 3.8) is 0 Å². The largest absolute Gasteiger partial charge is 0.296 e. The summed E-state index contributed by atoms with van der Waals surface area (Å²) in [5, 5.41) is 0. The van der Waals surface area contributed by atoms with E-state index in [1.807, 2.05) is 20.0 Å². The average molecular weight is 244 g/mol. The first-order chi connectivity index (χ1) is 7.36. The van der Waals surface area contributed by atoms with E-state index in [0.717, 1.165) is 11.1 Å². The molecule has 0 radical (unpaired) electrons. The second kappa shape index (κ2) is 5.15. The molecule has 0 fully saturated rings. The monoisotopic (exact) mass is 243 g/mol. The molecule has 3 heteroatoms. The molecule has 0 saturated heterocycles. The number of halogens is 2. The number of aryl methyl sites for hydroxylation is 1. The fourth-order valence-electron chi connectivity index (χ4n) is 1.38. The lowest BCUT2D eigenvalue weighted by Gasteiger charge is -2.34. The maximum atomic E-state index is 13.1. The van der Waals surface area contributed by atoms with Gasteiger partial charge in [0.2, 0.25) is 0 Å². The van der Waals surface area contributed by atoms with Crippen LogP contribution in [-0.4, -0.2) is 23.4 Å². The van der Waals surface area contributed by atoms with Gasteiger partial charge in [0.05, 0.1) is 0 Å². The molecule has 0 heterocycles. The van der Waals surface area contributed by atoms with E-state index in [4.69, 9.17) is 11.6 Å². The summed E-state index contributed by atoms with van der Waals surface area (Å²) in [6.45, 7) is 6.86. The summed E-state index contributed by atoms with van der Waals surface area (Å²) in [5.74, 6) is 0.371. The van der Waals surface area contributed by atoms with Crippen LogP contribution in [0.2, 0.25) is 0 Å². The van der Waals surface area contributed by atoms with Gasteiger partial charge in [0.15, 0.2) is 0 Å². The molecule has 0 bridgehead atoms. The molecule has 1 nitrogen and oxygen atoms in total. The normalized spacial score (nSPS) is 12.2. The minimum Gasteiger partial charge on any atom is -0.296 e. The third-order valence-electron chi connectivity index (χ3n) is 3.08. The number of benzene rings is 1. The van der Waals surface area contributed by atoms with Crippen LogP contribution < -0.4 is 0 Å². The van der Waals surface area contributed by atoms with Gasteiger partial charge < -0.3 is 0 Å². The van der Waals surface area contributed by atoms with E-state index in [1.165, 1.54) is 6.07 Å². The Morgan fingerprint density at radius 3 is 2.56 bits per heavy atom. The topological polar surface area (TPSA) is 3.24 Å². The highest BCUT2D eigenvalue weighted by atomic mass is 35.5. The lowest BCUT2D eigenvalue weighted by atomic mass is 10.0. The third kappa shape index (κ3) is 3.19. The standard InChI is InChI=1S/C13H19ClFN/c1-10-5-6-12(15)7-11(10)8-16(4)13(2,3)9-14/h5-7H,8-9H2,1-4H3. The average Bonchev–Trinajstić information content (AvgIpc) is 2.23. The van der Waals surface area contributed by atoms with E-state index >= 15 is 0 Å². The van der Waals surface area contributed by atoms with Gasteiger partial charge >= 0.3 is 0 Å². The van der Waals surface area contributed by atoms with Crippen LogP contribution in [0.5, 0.6) is 0 Å². The van der Waals surface area contributed by atoms with E-state index < -0.39 is 0 Å². The molecule has 16 heavy (non-hydrogen) atoms. The highest BCUT2D eigenvalue weighted by molar-refractivity contribution is 6.18. The van der Waals surface area contributed by atoms with Crippen molar-refractivity contribution in [2.24, 2.45) is 0 Å². The van der Waals surface area contributed by atoms with Gasteiger partial charge in [0.1, 0.15) is 5.82 Å². The van der Waals surface area contributed by atoms with Crippen LogP contribution in [0.1, 0.15) is 25.0 Å². The molecule has 0 aliphatic heterocycles. The highest BCUT2D eigenvalue weighted by Crippen LogP contribution is 2.19. The minimum atomic E-state index is -0.183. The van der Waals surface area contributed by atoms with Gasteiger partial charge in [-0.3, -0.25) is 4.90 Å². The molecule has 0 spiro atoms. The molecule has 0 aliphatic rings. The smallest absolute Gasteiger partial charge is 0.123 e. The summed E-state index contributed by atoms with van der Waals surface area (Å²) in [6, 6.07) is 4.90. The van der Waals surface area contributed by atoms with Crippen molar-refractivity contribution in [1.29, 1.82) is 0 Å². The fourth-order valence-corrected chi connectivity index (χ4v) is 1.59. The molecule has 1 rings (SSSR count). The molecule has 90 valence electrons. The number of rotatable bonds is 4. The van der Waals surface area contributed by atoms with Crippen molar-refractivity contribution in [2.45, 2.75) is 32.9 Å². The molecule has 0 aliphatic carbocycles. The predicted octanol–water partition coefficient (Wildman–Crippen LogP) is 3.58. The Labute approximate surface area is 102 Å². The molecule has 1 aromatic rings. The fraction of sp³-hybridized carbons (Fsp3) is 0.538. The van der Waals surface area contributed by atoms with Gasteiger partial charge in [-0.15, -0.1) is 11.6 Å². The Kier molecular flexibility index (Phi) is 4.34. The molecule has 0 aromatic heterocycles. The second-order valence-electron chi connectivity index (χ2n) is 4.87. The quantitative estimate of drug-likeness (QED) is 0.731. The summed E-state index contributed by atoms with van der Waals surface area (Å²) in [4.78, 5) is 2.14. The van der Waals surface area contributed by atoms with Gasteiger partial charge in [-0.25, -0.2) is 4.39 Å². The van der Waals surface area contributed by atoms with E-state index in [9.17, 15) is 4.39 Å². The second-order valence-corrected chi connectivity index (χ2v) is 5.14. The van der Waals surface area contributed by atoms with E-state index in [2.05, 4.69) is 18.7 Å². The Hall–Kier alpha value is -0.600. The zero-order chi connectivity index (χ0) is 12.3. The molecule has 0 unspecified atom stereocenters. The third-order valence-corrected chi connectivity index (χ3v) is 3.73. The summed E-state index contributed by atoms with van der Waals surface area (Å²) in [7, 11) is 2.01. The number of nitrogens with zero attached hydrogens (tertiary/aromatic N) is 1. The van der Waals surface area contributed by atoms with Gasteiger partial charge in [0, 0.05) is 18.0 Å². The molecular weight excluding hydrogens is 225 g/mol.